The van der Waals surface area contributed by atoms with Crippen LogP contribution < -0.4 is 5.73 Å². The van der Waals surface area contributed by atoms with Gasteiger partial charge in [-0.2, -0.15) is 0 Å². The average Bonchev–Trinajstić information content (AvgIpc) is 2.27. The van der Waals surface area contributed by atoms with Crippen molar-refractivity contribution in [2.75, 3.05) is 20.1 Å². The average molecular weight is 240 g/mol. The Morgan fingerprint density at radius 2 is 2.00 bits per heavy atom. The van der Waals surface area contributed by atoms with E-state index in [0.717, 1.165) is 24.3 Å². The zero-order valence-corrected chi connectivity index (χ0v) is 12.5. The molecule has 0 aliphatic heterocycles. The molecule has 0 spiro atoms. The SMILES string of the molecule is CC(C)CCN(C)C1(CN)CCC(C)CC1C. The summed E-state index contributed by atoms with van der Waals surface area (Å²) in [4.78, 5) is 2.56. The minimum absolute atomic E-state index is 0.265. The summed E-state index contributed by atoms with van der Waals surface area (Å²) in [6.45, 7) is 11.4. The molecule has 2 heteroatoms. The number of hydrogen-bond donors (Lipinski definition) is 1. The highest BCUT2D eigenvalue weighted by Crippen LogP contribution is 2.39. The molecular weight excluding hydrogens is 208 g/mol. The van der Waals surface area contributed by atoms with E-state index in [2.05, 4.69) is 39.6 Å². The van der Waals surface area contributed by atoms with Gasteiger partial charge >= 0.3 is 0 Å². The first kappa shape index (κ1) is 15.0. The van der Waals surface area contributed by atoms with Crippen LogP contribution >= 0.6 is 0 Å². The van der Waals surface area contributed by atoms with Gasteiger partial charge in [0, 0.05) is 12.1 Å². The van der Waals surface area contributed by atoms with E-state index in [1.54, 1.807) is 0 Å². The topological polar surface area (TPSA) is 29.3 Å². The van der Waals surface area contributed by atoms with Crippen LogP contribution in [0.3, 0.4) is 0 Å². The molecule has 17 heavy (non-hydrogen) atoms. The first-order valence-electron chi connectivity index (χ1n) is 7.33. The molecule has 1 aliphatic carbocycles. The van der Waals surface area contributed by atoms with Gasteiger partial charge in [0.25, 0.3) is 0 Å². The van der Waals surface area contributed by atoms with E-state index >= 15 is 0 Å². The van der Waals surface area contributed by atoms with Crippen molar-refractivity contribution >= 4 is 0 Å². The predicted octanol–water partition coefficient (Wildman–Crippen LogP) is 3.12. The van der Waals surface area contributed by atoms with Crippen LogP contribution in [0.25, 0.3) is 0 Å². The fraction of sp³-hybridized carbons (Fsp3) is 1.00. The maximum absolute atomic E-state index is 6.14. The van der Waals surface area contributed by atoms with Crippen LogP contribution in [0.1, 0.15) is 53.4 Å². The van der Waals surface area contributed by atoms with Crippen molar-refractivity contribution in [2.45, 2.75) is 58.9 Å². The van der Waals surface area contributed by atoms with Crippen molar-refractivity contribution in [1.29, 1.82) is 0 Å². The van der Waals surface area contributed by atoms with Gasteiger partial charge in [-0.25, -0.2) is 0 Å². The van der Waals surface area contributed by atoms with Gasteiger partial charge in [-0.1, -0.05) is 27.7 Å². The van der Waals surface area contributed by atoms with Gasteiger partial charge in [-0.3, -0.25) is 4.90 Å². The zero-order valence-electron chi connectivity index (χ0n) is 12.5. The number of nitrogens with zero attached hydrogens (tertiary/aromatic N) is 1. The maximum atomic E-state index is 6.14. The van der Waals surface area contributed by atoms with Crippen molar-refractivity contribution < 1.29 is 0 Å². The third-order valence-electron chi connectivity index (χ3n) is 4.90. The Kier molecular flexibility index (Phi) is 5.46. The second kappa shape index (κ2) is 6.19. The van der Waals surface area contributed by atoms with Crippen molar-refractivity contribution in [1.82, 2.24) is 4.90 Å². The maximum Gasteiger partial charge on any atom is 0.0354 e. The lowest BCUT2D eigenvalue weighted by Crippen LogP contribution is -2.58. The standard InChI is InChI=1S/C15H32N2/c1-12(2)7-9-17(5)15(11-16)8-6-13(3)10-14(15)4/h12-14H,6-11,16H2,1-5H3. The lowest BCUT2D eigenvalue weighted by Gasteiger charge is -2.50. The molecule has 1 rings (SSSR count). The Morgan fingerprint density at radius 1 is 1.35 bits per heavy atom. The Labute approximate surface area is 108 Å². The Morgan fingerprint density at radius 3 is 2.47 bits per heavy atom. The van der Waals surface area contributed by atoms with Gasteiger partial charge < -0.3 is 5.73 Å². The third-order valence-corrected chi connectivity index (χ3v) is 4.90. The van der Waals surface area contributed by atoms with E-state index in [-0.39, 0.29) is 5.54 Å². The molecule has 0 aromatic rings. The molecule has 1 fully saturated rings. The highest BCUT2D eigenvalue weighted by molar-refractivity contribution is 4.98. The molecule has 2 nitrogen and oxygen atoms in total. The van der Waals surface area contributed by atoms with Crippen LogP contribution in [0.15, 0.2) is 0 Å². The van der Waals surface area contributed by atoms with E-state index in [4.69, 9.17) is 5.73 Å². The highest BCUT2D eigenvalue weighted by atomic mass is 15.2. The van der Waals surface area contributed by atoms with Gasteiger partial charge in [0.15, 0.2) is 0 Å². The predicted molar refractivity (Wildman–Crippen MR) is 76.0 cm³/mol. The van der Waals surface area contributed by atoms with E-state index < -0.39 is 0 Å². The number of hydrogen-bond acceptors (Lipinski definition) is 2. The largest absolute Gasteiger partial charge is 0.329 e. The van der Waals surface area contributed by atoms with E-state index in [1.165, 1.54) is 32.2 Å². The molecule has 0 aromatic heterocycles. The molecular formula is C15H32N2. The van der Waals surface area contributed by atoms with Crippen molar-refractivity contribution in [3.8, 4) is 0 Å². The molecule has 0 heterocycles. The van der Waals surface area contributed by atoms with Crippen molar-refractivity contribution in [3.63, 3.8) is 0 Å². The quantitative estimate of drug-likeness (QED) is 0.800. The summed E-state index contributed by atoms with van der Waals surface area (Å²) in [5, 5.41) is 0. The Bertz CT molecular complexity index is 227. The summed E-state index contributed by atoms with van der Waals surface area (Å²) in [5.74, 6) is 2.39. The van der Waals surface area contributed by atoms with Crippen LogP contribution in [0.5, 0.6) is 0 Å². The zero-order chi connectivity index (χ0) is 13.1. The minimum Gasteiger partial charge on any atom is -0.329 e. The molecule has 0 amide bonds. The minimum atomic E-state index is 0.265. The fourth-order valence-electron chi connectivity index (χ4n) is 3.38. The van der Waals surface area contributed by atoms with Crippen LogP contribution in [-0.2, 0) is 0 Å². The second-order valence-corrected chi connectivity index (χ2v) is 6.69. The molecule has 102 valence electrons. The summed E-state index contributed by atoms with van der Waals surface area (Å²) < 4.78 is 0. The normalized spacial score (nSPS) is 34.6. The summed E-state index contributed by atoms with van der Waals surface area (Å²) in [7, 11) is 2.28. The monoisotopic (exact) mass is 240 g/mol. The van der Waals surface area contributed by atoms with Crippen LogP contribution in [-0.4, -0.2) is 30.6 Å². The number of rotatable bonds is 5. The number of nitrogens with two attached hydrogens (primary N) is 1. The molecule has 0 aromatic carbocycles. The Hall–Kier alpha value is -0.0800. The molecule has 0 saturated heterocycles. The van der Waals surface area contributed by atoms with Crippen molar-refractivity contribution in [2.24, 2.45) is 23.5 Å². The number of likely N-dealkylation sites (N-methyl/N-ethyl adjacent to an activating group) is 1. The van der Waals surface area contributed by atoms with Crippen LogP contribution in [0.2, 0.25) is 0 Å². The van der Waals surface area contributed by atoms with E-state index in [9.17, 15) is 0 Å². The summed E-state index contributed by atoms with van der Waals surface area (Å²) in [5.41, 5.74) is 6.41. The van der Waals surface area contributed by atoms with Crippen LogP contribution in [0.4, 0.5) is 0 Å². The second-order valence-electron chi connectivity index (χ2n) is 6.69. The molecule has 0 radical (unpaired) electrons. The van der Waals surface area contributed by atoms with Gasteiger partial charge in [0.05, 0.1) is 0 Å². The van der Waals surface area contributed by atoms with E-state index in [0.29, 0.717) is 0 Å². The molecule has 3 unspecified atom stereocenters. The first-order chi connectivity index (χ1) is 7.92. The summed E-state index contributed by atoms with van der Waals surface area (Å²) in [6.07, 6.45) is 5.23. The highest BCUT2D eigenvalue weighted by Gasteiger charge is 2.41. The van der Waals surface area contributed by atoms with Gasteiger partial charge in [0.1, 0.15) is 0 Å². The van der Waals surface area contributed by atoms with Crippen molar-refractivity contribution in [3.05, 3.63) is 0 Å². The van der Waals surface area contributed by atoms with Gasteiger partial charge in [-0.05, 0) is 57.0 Å². The molecule has 3 atom stereocenters. The molecule has 1 aliphatic rings. The van der Waals surface area contributed by atoms with Gasteiger partial charge in [0.2, 0.25) is 0 Å². The first-order valence-corrected chi connectivity index (χ1v) is 7.33. The summed E-state index contributed by atoms with van der Waals surface area (Å²) >= 11 is 0. The van der Waals surface area contributed by atoms with E-state index in [1.807, 2.05) is 0 Å². The summed E-state index contributed by atoms with van der Waals surface area (Å²) in [6, 6.07) is 0. The fourth-order valence-corrected chi connectivity index (χ4v) is 3.38. The molecule has 1 saturated carbocycles. The van der Waals surface area contributed by atoms with Gasteiger partial charge in [-0.15, -0.1) is 0 Å². The lowest BCUT2D eigenvalue weighted by atomic mass is 9.69. The smallest absolute Gasteiger partial charge is 0.0354 e. The lowest BCUT2D eigenvalue weighted by molar-refractivity contribution is 0.0157. The molecule has 2 N–H and O–H groups in total. The van der Waals surface area contributed by atoms with Crippen LogP contribution in [0, 0.1) is 17.8 Å². The third kappa shape index (κ3) is 3.45. The Balaban J connectivity index is 2.66. The molecule has 0 bridgehead atoms.